The zero-order valence-corrected chi connectivity index (χ0v) is 15.5. The normalized spacial score (nSPS) is 11.6. The number of anilines is 1. The van der Waals surface area contributed by atoms with Gasteiger partial charge >= 0.3 is 0 Å². The number of rotatable bonds is 6. The zero-order chi connectivity index (χ0) is 17.9. The predicted octanol–water partition coefficient (Wildman–Crippen LogP) is 4.04. The van der Waals surface area contributed by atoms with Crippen molar-refractivity contribution in [2.24, 2.45) is 5.14 Å². The number of sulfonamides is 1. The van der Waals surface area contributed by atoms with Crippen molar-refractivity contribution in [1.82, 2.24) is 0 Å². The standard InChI is InChI=1S/C16H18Cl2N2O3S/c1-10(2)23-16-14(17)7-11(8-15(16)18)9-20-12-3-5-13(6-4-12)24(19,21)22/h3-8,10,20H,9H2,1-2H3,(H2,19,21,22). The molecule has 0 radical (unpaired) electrons. The van der Waals surface area contributed by atoms with E-state index in [1.807, 2.05) is 13.8 Å². The molecule has 2 rings (SSSR count). The molecule has 24 heavy (non-hydrogen) atoms. The van der Waals surface area contributed by atoms with Gasteiger partial charge in [-0.15, -0.1) is 0 Å². The van der Waals surface area contributed by atoms with Gasteiger partial charge in [-0.05, 0) is 55.8 Å². The third-order valence-electron chi connectivity index (χ3n) is 3.09. The Hall–Kier alpha value is -1.47. The predicted molar refractivity (Wildman–Crippen MR) is 97.4 cm³/mol. The van der Waals surface area contributed by atoms with Crippen LogP contribution < -0.4 is 15.2 Å². The molecule has 0 saturated carbocycles. The number of nitrogens with two attached hydrogens (primary N) is 1. The largest absolute Gasteiger partial charge is 0.488 e. The minimum Gasteiger partial charge on any atom is -0.488 e. The van der Waals surface area contributed by atoms with Crippen LogP contribution in [-0.4, -0.2) is 14.5 Å². The summed E-state index contributed by atoms with van der Waals surface area (Å²) < 4.78 is 28.0. The van der Waals surface area contributed by atoms with E-state index in [4.69, 9.17) is 33.1 Å². The summed E-state index contributed by atoms with van der Waals surface area (Å²) in [7, 11) is -3.69. The number of primary sulfonamides is 1. The molecule has 0 bridgehead atoms. The van der Waals surface area contributed by atoms with Crippen molar-refractivity contribution in [3.8, 4) is 5.75 Å². The van der Waals surface area contributed by atoms with E-state index in [2.05, 4.69) is 5.32 Å². The van der Waals surface area contributed by atoms with Gasteiger partial charge in [0.1, 0.15) is 0 Å². The van der Waals surface area contributed by atoms with Gasteiger partial charge in [0, 0.05) is 12.2 Å². The van der Waals surface area contributed by atoms with Crippen LogP contribution in [-0.2, 0) is 16.6 Å². The highest BCUT2D eigenvalue weighted by Gasteiger charge is 2.11. The first-order valence-electron chi connectivity index (χ1n) is 7.18. The summed E-state index contributed by atoms with van der Waals surface area (Å²) in [5.41, 5.74) is 1.62. The molecule has 8 heteroatoms. The van der Waals surface area contributed by atoms with Crippen molar-refractivity contribution >= 4 is 38.9 Å². The Morgan fingerprint density at radius 3 is 2.12 bits per heavy atom. The molecule has 5 nitrogen and oxygen atoms in total. The number of nitrogens with one attached hydrogen (secondary N) is 1. The Morgan fingerprint density at radius 2 is 1.67 bits per heavy atom. The molecular formula is C16H18Cl2N2O3S. The van der Waals surface area contributed by atoms with Gasteiger partial charge in [-0.3, -0.25) is 0 Å². The van der Waals surface area contributed by atoms with Crippen LogP contribution in [0.15, 0.2) is 41.3 Å². The minimum absolute atomic E-state index is 0.0266. The van der Waals surface area contributed by atoms with Gasteiger partial charge in [0.05, 0.1) is 21.0 Å². The average molecular weight is 389 g/mol. The monoisotopic (exact) mass is 388 g/mol. The van der Waals surface area contributed by atoms with E-state index in [-0.39, 0.29) is 11.0 Å². The summed E-state index contributed by atoms with van der Waals surface area (Å²) in [6.45, 7) is 4.26. The topological polar surface area (TPSA) is 81.4 Å². The van der Waals surface area contributed by atoms with Gasteiger partial charge in [-0.1, -0.05) is 23.2 Å². The molecule has 0 spiro atoms. The Morgan fingerprint density at radius 1 is 1.12 bits per heavy atom. The van der Waals surface area contributed by atoms with E-state index >= 15 is 0 Å². The van der Waals surface area contributed by atoms with Crippen LogP contribution in [0.25, 0.3) is 0 Å². The summed E-state index contributed by atoms with van der Waals surface area (Å²) in [6.07, 6.45) is -0.0266. The van der Waals surface area contributed by atoms with Crippen molar-refractivity contribution in [2.75, 3.05) is 5.32 Å². The maximum absolute atomic E-state index is 11.2. The molecular weight excluding hydrogens is 371 g/mol. The quantitative estimate of drug-likeness (QED) is 0.781. The molecule has 0 aliphatic heterocycles. The van der Waals surface area contributed by atoms with Gasteiger partial charge in [0.2, 0.25) is 10.0 Å². The molecule has 0 aliphatic rings. The molecule has 0 amide bonds. The fourth-order valence-electron chi connectivity index (χ4n) is 2.03. The van der Waals surface area contributed by atoms with E-state index in [1.165, 1.54) is 12.1 Å². The van der Waals surface area contributed by atoms with Gasteiger partial charge in [0.25, 0.3) is 0 Å². The second-order valence-electron chi connectivity index (χ2n) is 5.48. The number of hydrogen-bond acceptors (Lipinski definition) is 4. The fourth-order valence-corrected chi connectivity index (χ4v) is 3.17. The summed E-state index contributed by atoms with van der Waals surface area (Å²) >= 11 is 12.4. The van der Waals surface area contributed by atoms with Crippen molar-refractivity contribution in [3.63, 3.8) is 0 Å². The molecule has 0 fully saturated rings. The molecule has 0 aliphatic carbocycles. The van der Waals surface area contributed by atoms with Crippen LogP contribution in [0.1, 0.15) is 19.4 Å². The Kier molecular flexibility index (Phi) is 5.98. The maximum Gasteiger partial charge on any atom is 0.238 e. The van der Waals surface area contributed by atoms with Crippen LogP contribution in [0, 0.1) is 0 Å². The molecule has 130 valence electrons. The highest BCUT2D eigenvalue weighted by Crippen LogP contribution is 2.35. The van der Waals surface area contributed by atoms with Gasteiger partial charge in [-0.25, -0.2) is 13.6 Å². The summed E-state index contributed by atoms with van der Waals surface area (Å²) in [4.78, 5) is 0.0642. The van der Waals surface area contributed by atoms with E-state index in [9.17, 15) is 8.42 Å². The van der Waals surface area contributed by atoms with Crippen LogP contribution in [0.3, 0.4) is 0 Å². The van der Waals surface area contributed by atoms with Gasteiger partial charge < -0.3 is 10.1 Å². The lowest BCUT2D eigenvalue weighted by atomic mass is 10.2. The zero-order valence-electron chi connectivity index (χ0n) is 13.2. The Labute approximate surface area is 151 Å². The van der Waals surface area contributed by atoms with Crippen molar-refractivity contribution < 1.29 is 13.2 Å². The summed E-state index contributed by atoms with van der Waals surface area (Å²) in [6, 6.07) is 9.71. The van der Waals surface area contributed by atoms with Crippen LogP contribution in [0.2, 0.25) is 10.0 Å². The molecule has 0 heterocycles. The first-order chi connectivity index (χ1) is 11.2. The molecule has 3 N–H and O–H groups in total. The summed E-state index contributed by atoms with van der Waals surface area (Å²) in [5.74, 6) is 0.467. The Balaban J connectivity index is 2.09. The highest BCUT2D eigenvalue weighted by molar-refractivity contribution is 7.89. The van der Waals surface area contributed by atoms with E-state index < -0.39 is 10.0 Å². The SMILES string of the molecule is CC(C)Oc1c(Cl)cc(CNc2ccc(S(N)(=O)=O)cc2)cc1Cl. The third kappa shape index (κ3) is 5.01. The van der Waals surface area contributed by atoms with Crippen molar-refractivity contribution in [1.29, 1.82) is 0 Å². The third-order valence-corrected chi connectivity index (χ3v) is 4.58. The molecule has 0 atom stereocenters. The van der Waals surface area contributed by atoms with Gasteiger partial charge in [0.15, 0.2) is 5.75 Å². The second-order valence-corrected chi connectivity index (χ2v) is 7.85. The fraction of sp³-hybridized carbons (Fsp3) is 0.250. The van der Waals surface area contributed by atoms with Crippen LogP contribution >= 0.6 is 23.2 Å². The lowest BCUT2D eigenvalue weighted by Crippen LogP contribution is -2.12. The van der Waals surface area contributed by atoms with Crippen molar-refractivity contribution in [2.45, 2.75) is 31.4 Å². The molecule has 2 aromatic carbocycles. The maximum atomic E-state index is 11.2. The van der Waals surface area contributed by atoms with E-state index in [0.29, 0.717) is 22.3 Å². The Bertz CT molecular complexity index is 799. The van der Waals surface area contributed by atoms with E-state index in [0.717, 1.165) is 11.3 Å². The number of halogens is 2. The first kappa shape index (κ1) is 18.9. The molecule has 0 saturated heterocycles. The second kappa shape index (κ2) is 7.61. The first-order valence-corrected chi connectivity index (χ1v) is 9.48. The van der Waals surface area contributed by atoms with Crippen LogP contribution in [0.5, 0.6) is 5.75 Å². The van der Waals surface area contributed by atoms with Crippen LogP contribution in [0.4, 0.5) is 5.69 Å². The number of benzene rings is 2. The van der Waals surface area contributed by atoms with Crippen molar-refractivity contribution in [3.05, 3.63) is 52.0 Å². The lowest BCUT2D eigenvalue weighted by molar-refractivity contribution is 0.242. The lowest BCUT2D eigenvalue weighted by Gasteiger charge is -2.15. The molecule has 2 aromatic rings. The van der Waals surface area contributed by atoms with E-state index in [1.54, 1.807) is 24.3 Å². The highest BCUT2D eigenvalue weighted by atomic mass is 35.5. The number of hydrogen-bond donors (Lipinski definition) is 2. The summed E-state index contributed by atoms with van der Waals surface area (Å²) in [5, 5.41) is 9.11. The van der Waals surface area contributed by atoms with Gasteiger partial charge in [-0.2, -0.15) is 0 Å². The average Bonchev–Trinajstić information content (AvgIpc) is 2.48. The molecule has 0 unspecified atom stereocenters. The smallest absolute Gasteiger partial charge is 0.238 e. The minimum atomic E-state index is -3.69. The molecule has 0 aromatic heterocycles. The number of ether oxygens (including phenoxy) is 1.